The topological polar surface area (TPSA) is 139 Å². The van der Waals surface area contributed by atoms with Gasteiger partial charge in [-0.25, -0.2) is 28.4 Å². The molecule has 13 heteroatoms. The van der Waals surface area contributed by atoms with Crippen LogP contribution in [-0.2, 0) is 14.8 Å². The number of aromatic nitrogens is 6. The number of ether oxygens (including phenoxy) is 1. The van der Waals surface area contributed by atoms with E-state index in [2.05, 4.69) is 39.8 Å². The minimum atomic E-state index is -3.84. The molecule has 1 aliphatic rings. The molecular weight excluding hydrogens is 528 g/mol. The summed E-state index contributed by atoms with van der Waals surface area (Å²) in [5.41, 5.74) is 3.49. The third kappa shape index (κ3) is 4.76. The van der Waals surface area contributed by atoms with E-state index < -0.39 is 10.0 Å². The average Bonchev–Trinajstić information content (AvgIpc) is 3.38. The first-order valence-electron chi connectivity index (χ1n) is 11.7. The van der Waals surface area contributed by atoms with Crippen molar-refractivity contribution in [1.29, 1.82) is 0 Å². The monoisotopic (exact) mass is 548 g/mol. The number of aromatic amines is 1. The van der Waals surface area contributed by atoms with Gasteiger partial charge in [0.25, 0.3) is 10.0 Å². The maximum atomic E-state index is 12.8. The molecule has 1 saturated heterocycles. The van der Waals surface area contributed by atoms with Crippen LogP contribution in [0.1, 0.15) is 0 Å². The lowest BCUT2D eigenvalue weighted by Gasteiger charge is -2.26. The molecule has 0 saturated carbocycles. The number of fused-ring (bicyclic) bond motifs is 1. The molecule has 192 valence electrons. The highest BCUT2D eigenvalue weighted by Gasteiger charge is 2.18. The van der Waals surface area contributed by atoms with Crippen LogP contribution in [0.4, 0.5) is 11.6 Å². The van der Waals surface area contributed by atoms with Crippen LogP contribution in [0.15, 0.2) is 72.1 Å². The van der Waals surface area contributed by atoms with Crippen molar-refractivity contribution in [1.82, 2.24) is 30.1 Å². The Morgan fingerprint density at radius 3 is 2.34 bits per heavy atom. The summed E-state index contributed by atoms with van der Waals surface area (Å²) in [4.78, 5) is 19.9. The Morgan fingerprint density at radius 1 is 0.895 bits per heavy atom. The molecular formula is C25H21ClN8O3S. The molecule has 4 aromatic heterocycles. The summed E-state index contributed by atoms with van der Waals surface area (Å²) >= 11 is 6.24. The third-order valence-electron chi connectivity index (χ3n) is 6.10. The fourth-order valence-corrected chi connectivity index (χ4v) is 5.42. The van der Waals surface area contributed by atoms with Crippen LogP contribution in [0.25, 0.3) is 33.4 Å². The van der Waals surface area contributed by atoms with Gasteiger partial charge < -0.3 is 9.64 Å². The number of rotatable bonds is 6. The standard InChI is InChI=1S/C25H21ClN8O3S/c26-23-21(33-38(35,36)19-4-2-1-3-5-19)11-17(12-27-23)16-10-20-22(31-32-24(20)28-13-16)18-14-29-25(30-15-18)34-6-8-37-9-7-34/h1-5,10-15,33H,6-9H2,(H,28,31,32). The van der Waals surface area contributed by atoms with Gasteiger partial charge in [0.15, 0.2) is 10.8 Å². The lowest BCUT2D eigenvalue weighted by molar-refractivity contribution is 0.122. The normalized spacial score (nSPS) is 14.1. The molecule has 5 heterocycles. The van der Waals surface area contributed by atoms with Gasteiger partial charge in [0.05, 0.1) is 29.5 Å². The number of H-pyrrole nitrogens is 1. The van der Waals surface area contributed by atoms with Crippen molar-refractivity contribution in [3.8, 4) is 22.4 Å². The maximum Gasteiger partial charge on any atom is 0.261 e. The van der Waals surface area contributed by atoms with E-state index in [0.29, 0.717) is 35.9 Å². The number of halogens is 1. The molecule has 6 rings (SSSR count). The molecule has 0 aliphatic carbocycles. The van der Waals surface area contributed by atoms with E-state index in [0.717, 1.165) is 29.7 Å². The van der Waals surface area contributed by atoms with E-state index in [1.165, 1.54) is 12.1 Å². The van der Waals surface area contributed by atoms with Gasteiger partial charge in [0, 0.05) is 60.0 Å². The van der Waals surface area contributed by atoms with Crippen molar-refractivity contribution in [2.24, 2.45) is 0 Å². The second-order valence-corrected chi connectivity index (χ2v) is 10.6. The SMILES string of the molecule is O=S(=O)(Nc1cc(-c2cnc3n[nH]c(-c4cnc(N5CCOCC5)nc4)c3c2)cnc1Cl)c1ccccc1. The van der Waals surface area contributed by atoms with Crippen LogP contribution in [-0.4, -0.2) is 64.9 Å². The van der Waals surface area contributed by atoms with Crippen LogP contribution < -0.4 is 9.62 Å². The molecule has 5 aromatic rings. The number of hydrogen-bond acceptors (Lipinski definition) is 9. The predicted octanol–water partition coefficient (Wildman–Crippen LogP) is 3.77. The van der Waals surface area contributed by atoms with Crippen molar-refractivity contribution in [2.45, 2.75) is 4.90 Å². The summed E-state index contributed by atoms with van der Waals surface area (Å²) in [6.07, 6.45) is 6.70. The largest absolute Gasteiger partial charge is 0.378 e. The van der Waals surface area contributed by atoms with Gasteiger partial charge in [-0.2, -0.15) is 5.10 Å². The second kappa shape index (κ2) is 9.97. The molecule has 0 radical (unpaired) electrons. The fourth-order valence-electron chi connectivity index (χ4n) is 4.14. The Kier molecular flexibility index (Phi) is 6.35. The van der Waals surface area contributed by atoms with Crippen LogP contribution in [0.3, 0.4) is 0 Å². The molecule has 0 atom stereocenters. The number of anilines is 2. The summed E-state index contributed by atoms with van der Waals surface area (Å²) in [7, 11) is -3.84. The Labute approximate surface area is 223 Å². The van der Waals surface area contributed by atoms with Crippen LogP contribution in [0, 0.1) is 0 Å². The second-order valence-electron chi connectivity index (χ2n) is 8.55. The van der Waals surface area contributed by atoms with Gasteiger partial charge in [0.1, 0.15) is 0 Å². The lowest BCUT2D eigenvalue weighted by atomic mass is 10.1. The van der Waals surface area contributed by atoms with Crippen LogP contribution in [0.5, 0.6) is 0 Å². The number of morpholine rings is 1. The molecule has 0 unspecified atom stereocenters. The van der Waals surface area contributed by atoms with Crippen molar-refractivity contribution < 1.29 is 13.2 Å². The molecule has 0 spiro atoms. The maximum absolute atomic E-state index is 12.8. The zero-order valence-electron chi connectivity index (χ0n) is 19.9. The summed E-state index contributed by atoms with van der Waals surface area (Å²) in [5, 5.41) is 8.12. The van der Waals surface area contributed by atoms with Gasteiger partial charge >= 0.3 is 0 Å². The lowest BCUT2D eigenvalue weighted by Crippen LogP contribution is -2.37. The van der Waals surface area contributed by atoms with Crippen molar-refractivity contribution in [3.05, 3.63) is 72.4 Å². The number of sulfonamides is 1. The van der Waals surface area contributed by atoms with Gasteiger partial charge in [-0.1, -0.05) is 29.8 Å². The quantitative estimate of drug-likeness (QED) is 0.303. The van der Waals surface area contributed by atoms with Gasteiger partial charge in [-0.3, -0.25) is 9.82 Å². The number of pyridine rings is 2. The minimum Gasteiger partial charge on any atom is -0.378 e. The molecule has 1 fully saturated rings. The predicted molar refractivity (Wildman–Crippen MR) is 143 cm³/mol. The summed E-state index contributed by atoms with van der Waals surface area (Å²) in [5.74, 6) is 0.650. The fraction of sp³-hybridized carbons (Fsp3) is 0.160. The van der Waals surface area contributed by atoms with Crippen molar-refractivity contribution >= 4 is 44.3 Å². The Balaban J connectivity index is 1.31. The summed E-state index contributed by atoms with van der Waals surface area (Å²) < 4.78 is 33.6. The number of hydrogen-bond donors (Lipinski definition) is 2. The van der Waals surface area contributed by atoms with E-state index in [4.69, 9.17) is 16.3 Å². The molecule has 1 aromatic carbocycles. The minimum absolute atomic E-state index is 0.0313. The average molecular weight is 549 g/mol. The van der Waals surface area contributed by atoms with Crippen LogP contribution in [0.2, 0.25) is 5.15 Å². The van der Waals surface area contributed by atoms with E-state index >= 15 is 0 Å². The van der Waals surface area contributed by atoms with Gasteiger partial charge in [0.2, 0.25) is 5.95 Å². The highest BCUT2D eigenvalue weighted by Crippen LogP contribution is 2.32. The smallest absolute Gasteiger partial charge is 0.261 e. The highest BCUT2D eigenvalue weighted by atomic mass is 35.5. The van der Waals surface area contributed by atoms with E-state index in [-0.39, 0.29) is 15.7 Å². The van der Waals surface area contributed by atoms with Gasteiger partial charge in [-0.05, 0) is 24.3 Å². The molecule has 2 N–H and O–H groups in total. The summed E-state index contributed by atoms with van der Waals surface area (Å²) in [6.45, 7) is 2.80. The first kappa shape index (κ1) is 24.2. The molecule has 38 heavy (non-hydrogen) atoms. The molecule has 11 nitrogen and oxygen atoms in total. The molecule has 0 bridgehead atoms. The van der Waals surface area contributed by atoms with Crippen LogP contribution >= 0.6 is 11.6 Å². The Bertz CT molecular complexity index is 1710. The number of nitrogens with zero attached hydrogens (tertiary/aromatic N) is 6. The van der Waals surface area contributed by atoms with E-state index in [1.54, 1.807) is 49.1 Å². The first-order chi connectivity index (χ1) is 18.5. The van der Waals surface area contributed by atoms with Crippen molar-refractivity contribution in [2.75, 3.05) is 35.9 Å². The van der Waals surface area contributed by atoms with E-state index in [1.807, 2.05) is 6.07 Å². The number of nitrogens with one attached hydrogen (secondary N) is 2. The highest BCUT2D eigenvalue weighted by molar-refractivity contribution is 7.92. The zero-order chi connectivity index (χ0) is 26.1. The first-order valence-corrected chi connectivity index (χ1v) is 13.6. The van der Waals surface area contributed by atoms with E-state index in [9.17, 15) is 8.42 Å². The Morgan fingerprint density at radius 2 is 1.58 bits per heavy atom. The van der Waals surface area contributed by atoms with Crippen molar-refractivity contribution in [3.63, 3.8) is 0 Å². The third-order valence-corrected chi connectivity index (χ3v) is 7.78. The zero-order valence-corrected chi connectivity index (χ0v) is 21.4. The Hall–Kier alpha value is -4.13. The summed E-state index contributed by atoms with van der Waals surface area (Å²) in [6, 6.07) is 11.6. The molecule has 0 amide bonds. The number of benzene rings is 1. The van der Waals surface area contributed by atoms with Gasteiger partial charge in [-0.15, -0.1) is 0 Å². The molecule has 1 aliphatic heterocycles.